The van der Waals surface area contributed by atoms with Crippen molar-refractivity contribution < 1.29 is 18.0 Å². The molecule has 1 amide bonds. The molecular formula is C21H15F3N4O. The summed E-state index contributed by atoms with van der Waals surface area (Å²) < 4.78 is 40.2. The van der Waals surface area contributed by atoms with Crippen molar-refractivity contribution in [2.45, 2.75) is 12.7 Å². The van der Waals surface area contributed by atoms with E-state index < -0.39 is 17.6 Å². The molecule has 0 aliphatic heterocycles. The molecule has 4 rings (SSSR count). The molecule has 2 aromatic carbocycles. The van der Waals surface area contributed by atoms with Crippen molar-refractivity contribution in [1.82, 2.24) is 14.8 Å². The maximum absolute atomic E-state index is 12.8. The standard InChI is InChI=1S/C21H15F3N4O/c22-21(23,24)15-9-7-14(8-10-15)12-28-13-18(16-4-1-2-6-19(16)28)26-20(29)17-5-3-11-25-27-17/h1-11,13H,12H2,(H,26,29). The highest BCUT2D eigenvalue weighted by Gasteiger charge is 2.29. The van der Waals surface area contributed by atoms with Gasteiger partial charge in [0.15, 0.2) is 5.69 Å². The normalized spacial score (nSPS) is 11.6. The lowest BCUT2D eigenvalue weighted by atomic mass is 10.1. The van der Waals surface area contributed by atoms with Crippen molar-refractivity contribution in [2.24, 2.45) is 0 Å². The maximum Gasteiger partial charge on any atom is 0.416 e. The fraction of sp³-hybridized carbons (Fsp3) is 0.0952. The van der Waals surface area contributed by atoms with E-state index in [1.54, 1.807) is 18.3 Å². The number of carbonyl (C=O) groups is 1. The first-order valence-corrected chi connectivity index (χ1v) is 8.75. The highest BCUT2D eigenvalue weighted by Crippen LogP contribution is 2.30. The van der Waals surface area contributed by atoms with Gasteiger partial charge in [0.25, 0.3) is 5.91 Å². The van der Waals surface area contributed by atoms with E-state index in [1.807, 2.05) is 28.8 Å². The monoisotopic (exact) mass is 396 g/mol. The van der Waals surface area contributed by atoms with Crippen molar-refractivity contribution >= 4 is 22.5 Å². The number of hydrogen-bond donors (Lipinski definition) is 1. The molecular weight excluding hydrogens is 381 g/mol. The van der Waals surface area contributed by atoms with Crippen LogP contribution in [-0.2, 0) is 12.7 Å². The van der Waals surface area contributed by atoms with Gasteiger partial charge in [-0.25, -0.2) is 0 Å². The molecule has 0 bridgehead atoms. The number of carbonyl (C=O) groups excluding carboxylic acids is 1. The Morgan fingerprint density at radius 3 is 2.45 bits per heavy atom. The van der Waals surface area contributed by atoms with Gasteiger partial charge in [-0.3, -0.25) is 4.79 Å². The van der Waals surface area contributed by atoms with Gasteiger partial charge < -0.3 is 9.88 Å². The molecule has 1 N–H and O–H groups in total. The van der Waals surface area contributed by atoms with Crippen molar-refractivity contribution in [3.8, 4) is 0 Å². The third kappa shape index (κ3) is 3.96. The fourth-order valence-corrected chi connectivity index (χ4v) is 3.08. The summed E-state index contributed by atoms with van der Waals surface area (Å²) in [5, 5.41) is 11.1. The molecule has 0 unspecified atom stereocenters. The van der Waals surface area contributed by atoms with E-state index in [0.29, 0.717) is 17.8 Å². The second-order valence-corrected chi connectivity index (χ2v) is 6.45. The average Bonchev–Trinajstić information content (AvgIpc) is 3.06. The zero-order valence-electron chi connectivity index (χ0n) is 15.0. The van der Waals surface area contributed by atoms with Crippen LogP contribution in [-0.4, -0.2) is 20.7 Å². The summed E-state index contributed by atoms with van der Waals surface area (Å²) in [6, 6.07) is 15.7. The van der Waals surface area contributed by atoms with Gasteiger partial charge in [0.05, 0.1) is 16.8 Å². The topological polar surface area (TPSA) is 59.8 Å². The summed E-state index contributed by atoms with van der Waals surface area (Å²) in [5.74, 6) is -0.393. The third-order valence-corrected chi connectivity index (χ3v) is 4.48. The van der Waals surface area contributed by atoms with Crippen LogP contribution >= 0.6 is 0 Å². The molecule has 0 fully saturated rings. The minimum Gasteiger partial charge on any atom is -0.341 e. The van der Waals surface area contributed by atoms with Gasteiger partial charge in [-0.15, -0.1) is 5.10 Å². The Balaban J connectivity index is 1.63. The van der Waals surface area contributed by atoms with Gasteiger partial charge in [-0.2, -0.15) is 18.3 Å². The Kier molecular flexibility index (Phi) is 4.75. The van der Waals surface area contributed by atoms with Crippen LogP contribution in [0, 0.1) is 0 Å². The molecule has 29 heavy (non-hydrogen) atoms. The third-order valence-electron chi connectivity index (χ3n) is 4.48. The van der Waals surface area contributed by atoms with Gasteiger partial charge in [0, 0.05) is 24.3 Å². The first kappa shape index (κ1) is 18.7. The number of rotatable bonds is 4. The Labute approximate surface area is 163 Å². The van der Waals surface area contributed by atoms with E-state index in [2.05, 4.69) is 15.5 Å². The Morgan fingerprint density at radius 2 is 1.76 bits per heavy atom. The van der Waals surface area contributed by atoms with Gasteiger partial charge in [0.2, 0.25) is 0 Å². The number of anilines is 1. The van der Waals surface area contributed by atoms with Crippen LogP contribution in [0.25, 0.3) is 10.9 Å². The van der Waals surface area contributed by atoms with Crippen LogP contribution in [0.3, 0.4) is 0 Å². The SMILES string of the molecule is O=C(Nc1cn(Cc2ccc(C(F)(F)F)cc2)c2ccccc12)c1cccnn1. The second-order valence-electron chi connectivity index (χ2n) is 6.45. The summed E-state index contributed by atoms with van der Waals surface area (Å²) in [7, 11) is 0. The van der Waals surface area contributed by atoms with Gasteiger partial charge in [0.1, 0.15) is 0 Å². The lowest BCUT2D eigenvalue weighted by Gasteiger charge is -2.09. The number of hydrogen-bond acceptors (Lipinski definition) is 3. The molecule has 5 nitrogen and oxygen atoms in total. The first-order valence-electron chi connectivity index (χ1n) is 8.75. The van der Waals surface area contributed by atoms with E-state index in [-0.39, 0.29) is 5.69 Å². The zero-order valence-corrected chi connectivity index (χ0v) is 15.0. The molecule has 0 atom stereocenters. The van der Waals surface area contributed by atoms with Crippen molar-refractivity contribution in [3.05, 3.63) is 89.9 Å². The van der Waals surface area contributed by atoms with E-state index in [1.165, 1.54) is 18.3 Å². The molecule has 146 valence electrons. The van der Waals surface area contributed by atoms with Gasteiger partial charge >= 0.3 is 6.18 Å². The number of halogens is 3. The van der Waals surface area contributed by atoms with E-state index >= 15 is 0 Å². The Hall–Kier alpha value is -3.68. The second kappa shape index (κ2) is 7.38. The molecule has 0 spiro atoms. The summed E-state index contributed by atoms with van der Waals surface area (Å²) in [6.45, 7) is 0.361. The number of amides is 1. The largest absolute Gasteiger partial charge is 0.416 e. The summed E-state index contributed by atoms with van der Waals surface area (Å²) in [6.07, 6.45) is -1.13. The quantitative estimate of drug-likeness (QED) is 0.542. The number of benzene rings is 2. The highest BCUT2D eigenvalue weighted by atomic mass is 19.4. The number of aromatic nitrogens is 3. The Morgan fingerprint density at radius 1 is 1.00 bits per heavy atom. The molecule has 2 aromatic heterocycles. The maximum atomic E-state index is 12.8. The highest BCUT2D eigenvalue weighted by molar-refractivity contribution is 6.08. The number of para-hydroxylation sites is 1. The summed E-state index contributed by atoms with van der Waals surface area (Å²) >= 11 is 0. The molecule has 0 radical (unpaired) electrons. The van der Waals surface area contributed by atoms with Crippen molar-refractivity contribution in [1.29, 1.82) is 0 Å². The van der Waals surface area contributed by atoms with Crippen LogP contribution in [0.2, 0.25) is 0 Å². The van der Waals surface area contributed by atoms with Crippen LogP contribution in [0.5, 0.6) is 0 Å². The molecule has 2 heterocycles. The molecule has 0 saturated heterocycles. The van der Waals surface area contributed by atoms with E-state index in [4.69, 9.17) is 0 Å². The van der Waals surface area contributed by atoms with E-state index in [9.17, 15) is 18.0 Å². The number of fused-ring (bicyclic) bond motifs is 1. The zero-order chi connectivity index (χ0) is 20.4. The lowest BCUT2D eigenvalue weighted by molar-refractivity contribution is -0.137. The predicted octanol–water partition coefficient (Wildman–Crippen LogP) is 4.75. The number of nitrogens with zero attached hydrogens (tertiary/aromatic N) is 3. The van der Waals surface area contributed by atoms with Crippen LogP contribution in [0.4, 0.5) is 18.9 Å². The summed E-state index contributed by atoms with van der Waals surface area (Å²) in [5.41, 5.74) is 1.65. The Bertz CT molecular complexity index is 1150. The van der Waals surface area contributed by atoms with Crippen molar-refractivity contribution in [2.75, 3.05) is 5.32 Å². The molecule has 8 heteroatoms. The number of nitrogens with one attached hydrogen (secondary N) is 1. The van der Waals surface area contributed by atoms with Crippen LogP contribution in [0.15, 0.2) is 73.1 Å². The van der Waals surface area contributed by atoms with E-state index in [0.717, 1.165) is 23.0 Å². The predicted molar refractivity (Wildman–Crippen MR) is 102 cm³/mol. The van der Waals surface area contributed by atoms with Gasteiger partial charge in [-0.1, -0.05) is 30.3 Å². The molecule has 0 aliphatic rings. The smallest absolute Gasteiger partial charge is 0.341 e. The molecule has 0 saturated carbocycles. The minimum absolute atomic E-state index is 0.187. The fourth-order valence-electron chi connectivity index (χ4n) is 3.08. The van der Waals surface area contributed by atoms with Crippen molar-refractivity contribution in [3.63, 3.8) is 0 Å². The van der Waals surface area contributed by atoms with Crippen LogP contribution in [0.1, 0.15) is 21.6 Å². The molecule has 0 aliphatic carbocycles. The summed E-state index contributed by atoms with van der Waals surface area (Å²) in [4.78, 5) is 12.4. The van der Waals surface area contributed by atoms with Gasteiger partial charge in [-0.05, 0) is 35.9 Å². The average molecular weight is 396 g/mol. The first-order chi connectivity index (χ1) is 13.9. The lowest BCUT2D eigenvalue weighted by Crippen LogP contribution is -2.13. The van der Waals surface area contributed by atoms with Crippen LogP contribution < -0.4 is 5.32 Å². The number of alkyl halides is 3. The molecule has 4 aromatic rings. The minimum atomic E-state index is -4.36.